The SMILES string of the molecule is C#CC#CC#CC.CN(C)c1ccc(B(O)O)cn1.[B]=NN(O)O.[HH].[HH].[HH]. The van der Waals surface area contributed by atoms with Gasteiger partial charge in [-0.25, -0.2) is 4.98 Å². The first-order valence-electron chi connectivity index (χ1n) is 6.25. The van der Waals surface area contributed by atoms with E-state index in [9.17, 15) is 0 Å². The van der Waals surface area contributed by atoms with Gasteiger partial charge in [0.1, 0.15) is 5.82 Å². The first kappa shape index (κ1) is 23.5. The molecule has 0 aliphatic heterocycles. The van der Waals surface area contributed by atoms with Gasteiger partial charge in [-0.05, 0) is 36.7 Å². The van der Waals surface area contributed by atoms with Crippen molar-refractivity contribution >= 4 is 26.0 Å². The van der Waals surface area contributed by atoms with Gasteiger partial charge >= 0.3 is 35.5 Å². The first-order chi connectivity index (χ1) is 11.3. The summed E-state index contributed by atoms with van der Waals surface area (Å²) in [7, 11) is 6.53. The van der Waals surface area contributed by atoms with Crippen molar-refractivity contribution in [3.8, 4) is 36.0 Å². The van der Waals surface area contributed by atoms with E-state index in [0.717, 1.165) is 5.82 Å². The number of terminal acetylenes is 1. The number of anilines is 1. The molecule has 1 heterocycles. The van der Waals surface area contributed by atoms with Gasteiger partial charge in [0.25, 0.3) is 0 Å². The van der Waals surface area contributed by atoms with Gasteiger partial charge in [-0.15, -0.1) is 6.42 Å². The molecule has 1 rings (SSSR count). The van der Waals surface area contributed by atoms with Gasteiger partial charge in [0.2, 0.25) is 0 Å². The van der Waals surface area contributed by atoms with Crippen molar-refractivity contribution < 1.29 is 24.7 Å². The van der Waals surface area contributed by atoms with Crippen molar-refractivity contribution in [1.29, 1.82) is 0 Å². The smallest absolute Gasteiger partial charge is 0 e. The number of pyridine rings is 1. The summed E-state index contributed by atoms with van der Waals surface area (Å²) in [5.74, 6) is 12.8. The van der Waals surface area contributed by atoms with Crippen LogP contribution in [-0.4, -0.2) is 59.6 Å². The fourth-order valence-corrected chi connectivity index (χ4v) is 0.945. The third-order valence-corrected chi connectivity index (χ3v) is 1.95. The summed E-state index contributed by atoms with van der Waals surface area (Å²) in [5.41, 5.74) is 0.403. The molecule has 4 N–H and O–H groups in total. The average Bonchev–Trinajstić information content (AvgIpc) is 2.56. The fourth-order valence-electron chi connectivity index (χ4n) is 0.945. The predicted octanol–water partition coefficient (Wildman–Crippen LogP) is -0.454. The van der Waals surface area contributed by atoms with Crippen LogP contribution < -0.4 is 10.4 Å². The summed E-state index contributed by atoms with van der Waals surface area (Å²) in [6.45, 7) is 1.71. The Morgan fingerprint density at radius 1 is 1.25 bits per heavy atom. The van der Waals surface area contributed by atoms with Crippen molar-refractivity contribution in [2.24, 2.45) is 5.00 Å². The maximum Gasteiger partial charge on any atom is 0 e. The summed E-state index contributed by atoms with van der Waals surface area (Å²) in [6.07, 6.45) is 6.22. The average molecular weight is 333 g/mol. The van der Waals surface area contributed by atoms with Gasteiger partial charge < -0.3 is 14.9 Å². The number of aromatic nitrogens is 1. The molecule has 0 bridgehead atoms. The zero-order valence-corrected chi connectivity index (χ0v) is 13.5. The molecule has 24 heavy (non-hydrogen) atoms. The van der Waals surface area contributed by atoms with Crippen LogP contribution in [-0.2, 0) is 0 Å². The van der Waals surface area contributed by atoms with Crippen molar-refractivity contribution in [1.82, 2.24) is 10.3 Å². The van der Waals surface area contributed by atoms with E-state index in [-0.39, 0.29) is 4.28 Å². The van der Waals surface area contributed by atoms with E-state index < -0.39 is 12.5 Å². The molecule has 0 saturated heterocycles. The number of rotatable bonds is 3. The summed E-state index contributed by atoms with van der Waals surface area (Å²) < 4.78 is 0. The van der Waals surface area contributed by atoms with Crippen LogP contribution in [0.4, 0.5) is 5.82 Å². The summed E-state index contributed by atoms with van der Waals surface area (Å²) in [6, 6.07) is 3.36. The van der Waals surface area contributed by atoms with E-state index in [4.69, 9.17) is 26.9 Å². The topological polar surface area (TPSA) is 113 Å². The molecule has 129 valence electrons. The van der Waals surface area contributed by atoms with Crippen molar-refractivity contribution in [2.75, 3.05) is 19.0 Å². The summed E-state index contributed by atoms with van der Waals surface area (Å²) in [4.78, 5) is 5.85. The Balaban J connectivity index is -0.0000000940. The van der Waals surface area contributed by atoms with Crippen molar-refractivity contribution in [3.05, 3.63) is 18.3 Å². The summed E-state index contributed by atoms with van der Waals surface area (Å²) in [5, 5.41) is 34.3. The largest absolute Gasteiger partial charge is 0 e. The predicted molar refractivity (Wildman–Crippen MR) is 98.4 cm³/mol. The standard InChI is InChI=1S/C7H11BN2O2.C7H4.BH2N2O2.3H2/c1-10(2)7-4-3-6(5-9-7)8(11)12;1-3-5-7-6-4-2;1-2-3(4)5;;;/h3-5,11-12H,1-2H3;1H,2H3;4-5H;3*1H. The molecule has 0 atom stereocenters. The van der Waals surface area contributed by atoms with Gasteiger partial charge in [0.05, 0.1) is 0 Å². The zero-order valence-electron chi connectivity index (χ0n) is 13.5. The summed E-state index contributed by atoms with van der Waals surface area (Å²) >= 11 is 0. The molecule has 10 heteroatoms. The Morgan fingerprint density at radius 3 is 2.12 bits per heavy atom. The fraction of sp³-hybridized carbons (Fsp3) is 0.214. The number of nitrogens with zero attached hydrogens (tertiary/aromatic N) is 4. The first-order valence-corrected chi connectivity index (χ1v) is 6.25. The normalized spacial score (nSPS) is 7.21. The molecule has 0 amide bonds. The van der Waals surface area contributed by atoms with Gasteiger partial charge in [0.15, 0.2) is 0 Å². The molecule has 0 fully saturated rings. The second kappa shape index (κ2) is 15.1. The quantitative estimate of drug-likeness (QED) is 0.337. The molecule has 0 aliphatic rings. The molecule has 1 aromatic heterocycles. The molecule has 0 aliphatic carbocycles. The molecule has 8 nitrogen and oxygen atoms in total. The maximum atomic E-state index is 8.76. The minimum Gasteiger partial charge on any atom is 0 e. The Morgan fingerprint density at radius 2 is 1.83 bits per heavy atom. The van der Waals surface area contributed by atoms with Crippen LogP contribution in [0, 0.1) is 36.0 Å². The third kappa shape index (κ3) is 14.2. The molecule has 0 unspecified atom stereocenters. The van der Waals surface area contributed by atoms with Crippen LogP contribution in [0.5, 0.6) is 0 Å². The van der Waals surface area contributed by atoms with Crippen molar-refractivity contribution in [2.45, 2.75) is 6.92 Å². The molecule has 0 saturated carbocycles. The van der Waals surface area contributed by atoms with Gasteiger partial charge in [-0.3, -0.25) is 0 Å². The second-order valence-corrected chi connectivity index (χ2v) is 3.87. The minimum absolute atomic E-state index is 0. The Bertz CT molecular complexity index is 622. The van der Waals surface area contributed by atoms with E-state index in [1.165, 1.54) is 6.20 Å². The van der Waals surface area contributed by atoms with E-state index in [1.807, 2.05) is 19.0 Å². The monoisotopic (exact) mass is 333 g/mol. The van der Waals surface area contributed by atoms with Crippen LogP contribution in [0.2, 0.25) is 0 Å². The van der Waals surface area contributed by atoms with Gasteiger partial charge in [0, 0.05) is 30.0 Å². The third-order valence-electron chi connectivity index (χ3n) is 1.95. The Hall–Kier alpha value is -2.80. The van der Waals surface area contributed by atoms with Crippen LogP contribution in [0.25, 0.3) is 0 Å². The molecule has 1 aromatic rings. The molecular formula is C14H23B2N4O4. The van der Waals surface area contributed by atoms with Crippen LogP contribution in [0.1, 0.15) is 11.2 Å². The van der Waals surface area contributed by atoms with Crippen LogP contribution in [0.3, 0.4) is 0 Å². The van der Waals surface area contributed by atoms with E-state index >= 15 is 0 Å². The molecule has 0 spiro atoms. The molecule has 0 aromatic carbocycles. The second-order valence-electron chi connectivity index (χ2n) is 3.87. The van der Waals surface area contributed by atoms with Gasteiger partial charge in [-0.2, -0.15) is 0 Å². The Labute approximate surface area is 147 Å². The zero-order chi connectivity index (χ0) is 19.0. The van der Waals surface area contributed by atoms with Crippen LogP contribution in [0.15, 0.2) is 23.3 Å². The molecule has 1 radical (unpaired) electrons. The van der Waals surface area contributed by atoms with E-state index in [0.29, 0.717) is 5.46 Å². The van der Waals surface area contributed by atoms with E-state index in [2.05, 4.69) is 47.2 Å². The maximum absolute atomic E-state index is 8.76. The van der Waals surface area contributed by atoms with E-state index in [1.54, 1.807) is 19.1 Å². The van der Waals surface area contributed by atoms with Crippen LogP contribution >= 0.6 is 0 Å². The van der Waals surface area contributed by atoms with Crippen molar-refractivity contribution in [3.63, 3.8) is 0 Å². The molecular weight excluding hydrogens is 310 g/mol. The Kier molecular flexibility index (Phi) is 14.8. The van der Waals surface area contributed by atoms with Gasteiger partial charge in [-0.1, -0.05) is 12.0 Å². The number of hydrogen-bond acceptors (Lipinski definition) is 8. The minimum atomic E-state index is -1.44. The number of hydrogen-bond donors (Lipinski definition) is 4.